The summed E-state index contributed by atoms with van der Waals surface area (Å²) in [4.78, 5) is 11.9. The standard InChI is InChI=1S/C14H28N2OS/c1-11(2)7-13(9-15)8-14(17)16-10-12-3-5-18-6-4-12/h11-13H,3-10,15H2,1-2H3,(H,16,17)/t13-/m0/s1. The van der Waals surface area contributed by atoms with Crippen LogP contribution in [0.1, 0.15) is 39.5 Å². The Bertz CT molecular complexity index is 240. The van der Waals surface area contributed by atoms with Gasteiger partial charge in [0.1, 0.15) is 0 Å². The van der Waals surface area contributed by atoms with E-state index >= 15 is 0 Å². The number of amides is 1. The zero-order chi connectivity index (χ0) is 13.4. The van der Waals surface area contributed by atoms with Crippen molar-refractivity contribution >= 4 is 17.7 Å². The Balaban J connectivity index is 2.18. The Hall–Kier alpha value is -0.220. The lowest BCUT2D eigenvalue weighted by atomic mass is 9.94. The highest BCUT2D eigenvalue weighted by molar-refractivity contribution is 7.99. The van der Waals surface area contributed by atoms with E-state index in [2.05, 4.69) is 19.2 Å². The maximum Gasteiger partial charge on any atom is 0.220 e. The van der Waals surface area contributed by atoms with E-state index in [1.165, 1.54) is 24.3 Å². The lowest BCUT2D eigenvalue weighted by Gasteiger charge is -2.22. The number of nitrogens with two attached hydrogens (primary N) is 1. The van der Waals surface area contributed by atoms with E-state index in [9.17, 15) is 4.79 Å². The quantitative estimate of drug-likeness (QED) is 0.747. The molecule has 0 spiro atoms. The Morgan fingerprint density at radius 2 is 2.06 bits per heavy atom. The molecule has 1 rings (SSSR count). The van der Waals surface area contributed by atoms with Crippen molar-refractivity contribution in [3.8, 4) is 0 Å². The second-order valence-electron chi connectivity index (χ2n) is 5.80. The molecule has 18 heavy (non-hydrogen) atoms. The molecule has 3 N–H and O–H groups in total. The van der Waals surface area contributed by atoms with E-state index in [4.69, 9.17) is 5.73 Å². The number of thioether (sulfide) groups is 1. The van der Waals surface area contributed by atoms with Gasteiger partial charge >= 0.3 is 0 Å². The molecule has 1 saturated heterocycles. The van der Waals surface area contributed by atoms with Gasteiger partial charge in [-0.15, -0.1) is 0 Å². The van der Waals surface area contributed by atoms with Gasteiger partial charge in [0.2, 0.25) is 5.91 Å². The van der Waals surface area contributed by atoms with Crippen molar-refractivity contribution in [1.82, 2.24) is 5.32 Å². The molecule has 0 aromatic rings. The van der Waals surface area contributed by atoms with Crippen LogP contribution >= 0.6 is 11.8 Å². The molecule has 1 fully saturated rings. The topological polar surface area (TPSA) is 55.1 Å². The fourth-order valence-corrected chi connectivity index (χ4v) is 3.68. The van der Waals surface area contributed by atoms with Gasteiger partial charge in [-0.3, -0.25) is 4.79 Å². The molecular weight excluding hydrogens is 244 g/mol. The molecule has 0 radical (unpaired) electrons. The molecule has 1 aliphatic heterocycles. The van der Waals surface area contributed by atoms with Crippen molar-refractivity contribution < 1.29 is 4.79 Å². The maximum atomic E-state index is 11.9. The first-order valence-corrected chi connectivity index (χ1v) is 8.31. The van der Waals surface area contributed by atoms with Gasteiger partial charge in [-0.2, -0.15) is 11.8 Å². The zero-order valence-electron chi connectivity index (χ0n) is 11.8. The van der Waals surface area contributed by atoms with Crippen LogP contribution < -0.4 is 11.1 Å². The minimum atomic E-state index is 0.185. The van der Waals surface area contributed by atoms with Crippen molar-refractivity contribution in [3.05, 3.63) is 0 Å². The summed E-state index contributed by atoms with van der Waals surface area (Å²) in [5.74, 6) is 4.33. The van der Waals surface area contributed by atoms with E-state index in [0.29, 0.717) is 30.7 Å². The smallest absolute Gasteiger partial charge is 0.220 e. The van der Waals surface area contributed by atoms with Crippen molar-refractivity contribution in [2.24, 2.45) is 23.5 Å². The van der Waals surface area contributed by atoms with Gasteiger partial charge in [0.05, 0.1) is 0 Å². The Morgan fingerprint density at radius 3 is 2.61 bits per heavy atom. The number of carbonyl (C=O) groups is 1. The van der Waals surface area contributed by atoms with Gasteiger partial charge in [0.15, 0.2) is 0 Å². The fraction of sp³-hybridized carbons (Fsp3) is 0.929. The van der Waals surface area contributed by atoms with Crippen LogP contribution in [0.5, 0.6) is 0 Å². The van der Waals surface area contributed by atoms with Crippen molar-refractivity contribution in [1.29, 1.82) is 0 Å². The third kappa shape index (κ3) is 6.64. The Labute approximate surface area is 116 Å². The number of nitrogens with one attached hydrogen (secondary N) is 1. The Morgan fingerprint density at radius 1 is 1.39 bits per heavy atom. The van der Waals surface area contributed by atoms with Crippen LogP contribution in [0.15, 0.2) is 0 Å². The van der Waals surface area contributed by atoms with Crippen molar-refractivity contribution in [2.75, 3.05) is 24.6 Å². The van der Waals surface area contributed by atoms with Crippen LogP contribution in [-0.2, 0) is 4.79 Å². The first-order valence-electron chi connectivity index (χ1n) is 7.16. The van der Waals surface area contributed by atoms with Crippen LogP contribution in [0, 0.1) is 17.8 Å². The molecular formula is C14H28N2OS. The molecule has 0 aliphatic carbocycles. The second kappa shape index (κ2) is 8.81. The van der Waals surface area contributed by atoms with Crippen LogP contribution in [0.2, 0.25) is 0 Å². The Kier molecular flexibility index (Phi) is 7.75. The highest BCUT2D eigenvalue weighted by Gasteiger charge is 2.17. The largest absolute Gasteiger partial charge is 0.356 e. The van der Waals surface area contributed by atoms with E-state index in [0.717, 1.165) is 13.0 Å². The monoisotopic (exact) mass is 272 g/mol. The molecule has 1 aliphatic rings. The van der Waals surface area contributed by atoms with E-state index in [1.807, 2.05) is 11.8 Å². The summed E-state index contributed by atoms with van der Waals surface area (Å²) in [6.07, 6.45) is 4.13. The van der Waals surface area contributed by atoms with Crippen LogP contribution in [0.4, 0.5) is 0 Å². The first kappa shape index (κ1) is 15.8. The molecule has 3 nitrogen and oxygen atoms in total. The summed E-state index contributed by atoms with van der Waals surface area (Å²) in [6.45, 7) is 5.84. The third-order valence-corrected chi connectivity index (χ3v) is 4.59. The molecule has 4 heteroatoms. The summed E-state index contributed by atoms with van der Waals surface area (Å²) in [7, 11) is 0. The third-order valence-electron chi connectivity index (χ3n) is 3.54. The summed E-state index contributed by atoms with van der Waals surface area (Å²) in [5.41, 5.74) is 5.73. The molecule has 1 atom stereocenters. The molecule has 0 saturated carbocycles. The van der Waals surface area contributed by atoms with Crippen molar-refractivity contribution in [2.45, 2.75) is 39.5 Å². The summed E-state index contributed by atoms with van der Waals surface area (Å²) >= 11 is 2.02. The fourth-order valence-electron chi connectivity index (χ4n) is 2.47. The maximum absolute atomic E-state index is 11.9. The second-order valence-corrected chi connectivity index (χ2v) is 7.02. The number of carbonyl (C=O) groups excluding carboxylic acids is 1. The van der Waals surface area contributed by atoms with Gasteiger partial charge in [0, 0.05) is 13.0 Å². The van der Waals surface area contributed by atoms with Crippen LogP contribution in [0.3, 0.4) is 0 Å². The SMILES string of the molecule is CC(C)C[C@H](CN)CC(=O)NCC1CCSCC1. The molecule has 0 unspecified atom stereocenters. The molecule has 0 aromatic heterocycles. The molecule has 1 amide bonds. The predicted molar refractivity (Wildman–Crippen MR) is 79.7 cm³/mol. The van der Waals surface area contributed by atoms with Gasteiger partial charge < -0.3 is 11.1 Å². The minimum absolute atomic E-state index is 0.185. The summed E-state index contributed by atoms with van der Waals surface area (Å²) in [5, 5.41) is 3.09. The minimum Gasteiger partial charge on any atom is -0.356 e. The number of hydrogen-bond acceptors (Lipinski definition) is 3. The van der Waals surface area contributed by atoms with Crippen LogP contribution in [0.25, 0.3) is 0 Å². The number of rotatable bonds is 7. The molecule has 0 aromatic carbocycles. The summed E-state index contributed by atoms with van der Waals surface area (Å²) in [6, 6.07) is 0. The van der Waals surface area contributed by atoms with Crippen molar-refractivity contribution in [3.63, 3.8) is 0 Å². The first-order chi connectivity index (χ1) is 8.61. The predicted octanol–water partition coefficient (Wildman–Crippen LogP) is 2.26. The van der Waals surface area contributed by atoms with E-state index in [-0.39, 0.29) is 5.91 Å². The zero-order valence-corrected chi connectivity index (χ0v) is 12.6. The van der Waals surface area contributed by atoms with E-state index < -0.39 is 0 Å². The average molecular weight is 272 g/mol. The van der Waals surface area contributed by atoms with Gasteiger partial charge in [0.25, 0.3) is 0 Å². The highest BCUT2D eigenvalue weighted by atomic mass is 32.2. The summed E-state index contributed by atoms with van der Waals surface area (Å²) < 4.78 is 0. The van der Waals surface area contributed by atoms with Gasteiger partial charge in [-0.25, -0.2) is 0 Å². The number of hydrogen-bond donors (Lipinski definition) is 2. The highest BCUT2D eigenvalue weighted by Crippen LogP contribution is 2.22. The molecule has 1 heterocycles. The van der Waals surface area contributed by atoms with Gasteiger partial charge in [-0.05, 0) is 55.1 Å². The lowest BCUT2D eigenvalue weighted by molar-refractivity contribution is -0.122. The van der Waals surface area contributed by atoms with Gasteiger partial charge in [-0.1, -0.05) is 13.8 Å². The van der Waals surface area contributed by atoms with Crippen LogP contribution in [-0.4, -0.2) is 30.5 Å². The lowest BCUT2D eigenvalue weighted by Crippen LogP contribution is -2.33. The normalized spacial score (nSPS) is 18.9. The van der Waals surface area contributed by atoms with E-state index in [1.54, 1.807) is 0 Å². The molecule has 0 bridgehead atoms. The average Bonchev–Trinajstić information content (AvgIpc) is 2.36. The molecule has 106 valence electrons.